The van der Waals surface area contributed by atoms with Crippen molar-refractivity contribution in [2.75, 3.05) is 12.0 Å². The van der Waals surface area contributed by atoms with E-state index in [1.165, 1.54) is 0 Å². The minimum Gasteiger partial charge on any atom is -0.495 e. The van der Waals surface area contributed by atoms with E-state index in [9.17, 15) is 4.79 Å². The highest BCUT2D eigenvalue weighted by atomic mass is 35.5. The molecule has 1 aromatic heterocycles. The van der Waals surface area contributed by atoms with E-state index in [4.69, 9.17) is 32.4 Å². The van der Waals surface area contributed by atoms with Crippen LogP contribution in [0.25, 0.3) is 23.1 Å². The number of amides is 1. The average molecular weight is 488 g/mol. The van der Waals surface area contributed by atoms with E-state index >= 15 is 0 Å². The van der Waals surface area contributed by atoms with Crippen LogP contribution >= 0.6 is 23.2 Å². The lowest BCUT2D eigenvalue weighted by Crippen LogP contribution is -2.25. The van der Waals surface area contributed by atoms with Crippen molar-refractivity contribution in [1.29, 1.82) is 0 Å². The van der Waals surface area contributed by atoms with Crippen molar-refractivity contribution < 1.29 is 13.9 Å². The summed E-state index contributed by atoms with van der Waals surface area (Å²) in [5.41, 5.74) is 3.65. The van der Waals surface area contributed by atoms with Gasteiger partial charge in [-0.05, 0) is 60.2 Å². The molecule has 168 valence electrons. The van der Waals surface area contributed by atoms with E-state index in [1.807, 2.05) is 78.9 Å². The van der Waals surface area contributed by atoms with Crippen LogP contribution in [0.4, 0.5) is 5.69 Å². The fourth-order valence-electron chi connectivity index (χ4n) is 3.88. The van der Waals surface area contributed by atoms with Crippen molar-refractivity contribution in [3.63, 3.8) is 0 Å². The van der Waals surface area contributed by atoms with Crippen LogP contribution in [0.3, 0.4) is 0 Å². The number of carbonyl (C=O) groups excluding carboxylic acids is 1. The number of methoxy groups -OCH3 is 1. The van der Waals surface area contributed by atoms with Gasteiger partial charge >= 0.3 is 0 Å². The van der Waals surface area contributed by atoms with Crippen molar-refractivity contribution in [3.05, 3.63) is 118 Å². The molecule has 0 radical (unpaired) electrons. The topological polar surface area (TPSA) is 42.7 Å². The average Bonchev–Trinajstić information content (AvgIpc) is 3.46. The summed E-state index contributed by atoms with van der Waals surface area (Å²) in [6.07, 6.45) is 3.60. The summed E-state index contributed by atoms with van der Waals surface area (Å²) in [7, 11) is 1.59. The van der Waals surface area contributed by atoms with Gasteiger partial charge in [0.15, 0.2) is 0 Å². The van der Waals surface area contributed by atoms with Gasteiger partial charge in [0.1, 0.15) is 17.3 Å². The highest BCUT2D eigenvalue weighted by Crippen LogP contribution is 2.40. The number of hydrogen-bond acceptors (Lipinski definition) is 3. The third-order valence-corrected chi connectivity index (χ3v) is 6.25. The molecule has 1 aliphatic heterocycles. The first-order valence-electron chi connectivity index (χ1n) is 10.6. The molecule has 3 aromatic carbocycles. The first-order chi connectivity index (χ1) is 16.5. The van der Waals surface area contributed by atoms with Gasteiger partial charge in [-0.15, -0.1) is 0 Å². The Hall–Kier alpha value is -3.73. The van der Waals surface area contributed by atoms with Crippen LogP contribution < -0.4 is 9.64 Å². The Morgan fingerprint density at radius 3 is 2.38 bits per heavy atom. The van der Waals surface area contributed by atoms with Gasteiger partial charge in [-0.3, -0.25) is 9.69 Å². The molecule has 1 aliphatic rings. The Morgan fingerprint density at radius 2 is 1.62 bits per heavy atom. The predicted molar refractivity (Wildman–Crippen MR) is 137 cm³/mol. The minimum atomic E-state index is -0.171. The molecule has 6 heteroatoms. The molecule has 0 fully saturated rings. The second-order valence-electron chi connectivity index (χ2n) is 7.64. The molecule has 0 unspecified atom stereocenters. The second-order valence-corrected chi connectivity index (χ2v) is 8.45. The molecule has 0 N–H and O–H groups in total. The Labute approximate surface area is 207 Å². The van der Waals surface area contributed by atoms with E-state index in [2.05, 4.69) is 0 Å². The van der Waals surface area contributed by atoms with Crippen molar-refractivity contribution in [1.82, 2.24) is 0 Å². The summed E-state index contributed by atoms with van der Waals surface area (Å²) in [6, 6.07) is 26.2. The Kier molecular flexibility index (Phi) is 6.01. The van der Waals surface area contributed by atoms with Crippen LogP contribution in [0.15, 0.2) is 101 Å². The van der Waals surface area contributed by atoms with Gasteiger partial charge in [0, 0.05) is 11.1 Å². The van der Waals surface area contributed by atoms with E-state index < -0.39 is 0 Å². The third-order valence-electron chi connectivity index (χ3n) is 5.51. The lowest BCUT2D eigenvalue weighted by molar-refractivity contribution is -0.113. The molecule has 5 rings (SSSR count). The van der Waals surface area contributed by atoms with Crippen LogP contribution in [-0.2, 0) is 4.79 Å². The lowest BCUT2D eigenvalue weighted by atomic mass is 10.1. The maximum Gasteiger partial charge on any atom is 0.263 e. The van der Waals surface area contributed by atoms with Gasteiger partial charge in [-0.1, -0.05) is 65.7 Å². The zero-order chi connectivity index (χ0) is 23.7. The summed E-state index contributed by atoms with van der Waals surface area (Å²) in [4.78, 5) is 15.3. The molecule has 0 bridgehead atoms. The summed E-state index contributed by atoms with van der Waals surface area (Å²) >= 11 is 12.2. The molecular weight excluding hydrogens is 469 g/mol. The number of carbonyl (C=O) groups is 1. The minimum absolute atomic E-state index is 0.171. The number of rotatable bonds is 5. The molecule has 2 heterocycles. The van der Waals surface area contributed by atoms with E-state index in [0.717, 1.165) is 16.8 Å². The lowest BCUT2D eigenvalue weighted by Gasteiger charge is -2.22. The van der Waals surface area contributed by atoms with Gasteiger partial charge in [-0.2, -0.15) is 0 Å². The normalized spacial score (nSPS) is 14.6. The number of benzene rings is 3. The summed E-state index contributed by atoms with van der Waals surface area (Å²) in [5.74, 6) is 1.62. The largest absolute Gasteiger partial charge is 0.495 e. The Balaban J connectivity index is 1.56. The SMILES string of the molecule is COc1ccccc1N1C(=O)C(=Cc2ccc(-c3ccc(Cl)c(Cl)c3)o2)C=C1c1ccccc1. The van der Waals surface area contributed by atoms with Crippen molar-refractivity contribution in [2.24, 2.45) is 0 Å². The highest BCUT2D eigenvalue weighted by molar-refractivity contribution is 6.42. The molecule has 0 atom stereocenters. The molecule has 0 saturated heterocycles. The van der Waals surface area contributed by atoms with Crippen LogP contribution in [0, 0.1) is 0 Å². The van der Waals surface area contributed by atoms with E-state index in [-0.39, 0.29) is 5.91 Å². The number of anilines is 1. The van der Waals surface area contributed by atoms with Gasteiger partial charge in [-0.25, -0.2) is 0 Å². The zero-order valence-electron chi connectivity index (χ0n) is 18.2. The number of ether oxygens (including phenoxy) is 1. The first-order valence-corrected chi connectivity index (χ1v) is 11.3. The molecule has 4 nitrogen and oxygen atoms in total. The predicted octanol–water partition coefficient (Wildman–Crippen LogP) is 7.73. The smallest absolute Gasteiger partial charge is 0.263 e. The standard InChI is InChI=1S/C28H19Cl2NO3/c1-33-27-10-6-5-9-24(27)31-25(18-7-3-2-4-8-18)17-20(28(31)32)15-21-12-14-26(34-21)19-11-13-22(29)23(30)16-19/h2-17H,1H3. The number of para-hydroxylation sites is 2. The van der Waals surface area contributed by atoms with Crippen LogP contribution in [0.2, 0.25) is 10.0 Å². The third kappa shape index (κ3) is 4.14. The monoisotopic (exact) mass is 487 g/mol. The number of nitrogens with zero attached hydrogens (tertiary/aromatic N) is 1. The fraction of sp³-hybridized carbons (Fsp3) is 0.0357. The van der Waals surface area contributed by atoms with Crippen LogP contribution in [0.1, 0.15) is 11.3 Å². The highest BCUT2D eigenvalue weighted by Gasteiger charge is 2.32. The molecule has 34 heavy (non-hydrogen) atoms. The molecule has 4 aromatic rings. The number of hydrogen-bond donors (Lipinski definition) is 0. The summed E-state index contributed by atoms with van der Waals surface area (Å²) < 4.78 is 11.5. The molecule has 0 saturated carbocycles. The van der Waals surface area contributed by atoms with Crippen molar-refractivity contribution in [3.8, 4) is 17.1 Å². The maximum atomic E-state index is 13.6. The number of halogens is 2. The molecular formula is C28H19Cl2NO3. The Bertz CT molecular complexity index is 1440. The molecule has 1 amide bonds. The van der Waals surface area contributed by atoms with E-state index in [0.29, 0.717) is 38.6 Å². The van der Waals surface area contributed by atoms with Gasteiger partial charge < -0.3 is 9.15 Å². The van der Waals surface area contributed by atoms with E-state index in [1.54, 1.807) is 30.2 Å². The van der Waals surface area contributed by atoms with Crippen LogP contribution in [0.5, 0.6) is 5.75 Å². The Morgan fingerprint density at radius 1 is 0.853 bits per heavy atom. The summed E-state index contributed by atoms with van der Waals surface area (Å²) in [5, 5.41) is 0.926. The quantitative estimate of drug-likeness (QED) is 0.270. The number of furan rings is 1. The van der Waals surface area contributed by atoms with Crippen molar-refractivity contribution >= 4 is 46.6 Å². The summed E-state index contributed by atoms with van der Waals surface area (Å²) in [6.45, 7) is 0. The molecule has 0 aliphatic carbocycles. The van der Waals surface area contributed by atoms with Gasteiger partial charge in [0.25, 0.3) is 5.91 Å². The second kappa shape index (κ2) is 9.26. The fourth-order valence-corrected chi connectivity index (χ4v) is 4.18. The van der Waals surface area contributed by atoms with Gasteiger partial charge in [0.05, 0.1) is 28.5 Å². The van der Waals surface area contributed by atoms with Crippen molar-refractivity contribution in [2.45, 2.75) is 0 Å². The van der Waals surface area contributed by atoms with Gasteiger partial charge in [0.2, 0.25) is 0 Å². The maximum absolute atomic E-state index is 13.6. The first kappa shape index (κ1) is 22.1. The zero-order valence-corrected chi connectivity index (χ0v) is 19.7. The van der Waals surface area contributed by atoms with Crippen LogP contribution in [-0.4, -0.2) is 13.0 Å². The molecule has 0 spiro atoms.